The molecule has 0 aliphatic carbocycles. The number of hydrogen-bond donors (Lipinski definition) is 13. The van der Waals surface area contributed by atoms with Crippen molar-refractivity contribution in [3.8, 4) is 0 Å². The number of aliphatic carboxylic acids is 1. The molecule has 24 heteroatoms. The van der Waals surface area contributed by atoms with E-state index in [-0.39, 0.29) is 48.5 Å². The highest BCUT2D eigenvalue weighted by molar-refractivity contribution is 8.00. The number of urea groups is 1. The van der Waals surface area contributed by atoms with Crippen LogP contribution < -0.4 is 53.7 Å². The quantitative estimate of drug-likeness (QED) is 0.0124. The molecule has 0 radical (unpaired) electrons. The summed E-state index contributed by atoms with van der Waals surface area (Å²) in [6.07, 6.45) is 2.85. The Kier molecular flexibility index (Phi) is 22.4. The van der Waals surface area contributed by atoms with Crippen LogP contribution in [0.4, 0.5) is 4.79 Å². The highest BCUT2D eigenvalue weighted by Gasteiger charge is 2.42. The molecule has 1 unspecified atom stereocenters. The van der Waals surface area contributed by atoms with E-state index in [0.29, 0.717) is 37.5 Å². The number of hydrogen-bond acceptors (Lipinski definition) is 13. The number of nitrogens with two attached hydrogens (primary N) is 1. The number of fused-ring (bicyclic) bond motifs is 1. The van der Waals surface area contributed by atoms with Gasteiger partial charge in [-0.15, -0.1) is 0 Å². The number of carbonyl (C=O) groups excluding carboxylic acids is 9. The van der Waals surface area contributed by atoms with Crippen LogP contribution in [0.15, 0.2) is 0 Å². The summed E-state index contributed by atoms with van der Waals surface area (Å²) in [7, 11) is 0. The monoisotopic (exact) mass is 874 g/mol. The summed E-state index contributed by atoms with van der Waals surface area (Å²) < 4.78 is 0. The maximum atomic E-state index is 13.0. The topological polar surface area (TPSA) is 345 Å². The van der Waals surface area contributed by atoms with Crippen LogP contribution >= 0.6 is 24.4 Å². The summed E-state index contributed by atoms with van der Waals surface area (Å²) in [6, 6.07) is -3.93. The minimum Gasteiger partial charge on any atom is -0.481 e. The van der Waals surface area contributed by atoms with Gasteiger partial charge >= 0.3 is 12.0 Å². The molecule has 0 saturated carbocycles. The molecule has 2 aliphatic heterocycles. The molecule has 22 nitrogen and oxygen atoms in total. The van der Waals surface area contributed by atoms with E-state index < -0.39 is 97.3 Å². The fourth-order valence-electron chi connectivity index (χ4n) is 6.39. The lowest BCUT2D eigenvalue weighted by Crippen LogP contribution is -2.56. The van der Waals surface area contributed by atoms with Gasteiger partial charge in [0.25, 0.3) is 0 Å². The second kappa shape index (κ2) is 26.3. The first kappa shape index (κ1) is 50.3. The standard InChI is InChI=1S/C35H58N10O12S2/c1-18(2)11-19(12-26(47)45-57)32(53)41-21(13-29(50)51)34(55)42-22(16-58)33(54)39-14-27(48)38-15-28(49)40-20(31(36)52)7-5-6-10-37-25(46)9-4-3-8-24-30-23(17-59-24)43-35(56)44-30/h18-24,30,57-58H,3-17H2,1-2H3,(H2,36,52)(H,37,46)(H,38,48)(H,39,54)(H,40,49)(H,41,53)(H,42,55)(H,45,47)(H,50,51)(H2,43,44,56)/t19?,20-,21-,22-,23-,24-,30-/m0/s1. The van der Waals surface area contributed by atoms with Gasteiger partial charge in [0.05, 0.1) is 31.6 Å². The van der Waals surface area contributed by atoms with Gasteiger partial charge in [0.15, 0.2) is 0 Å². The summed E-state index contributed by atoms with van der Waals surface area (Å²) in [5.74, 6) is -8.05. The Hall–Kier alpha value is -4.84. The number of nitrogens with one attached hydrogen (secondary N) is 9. The molecule has 0 spiro atoms. The molecule has 2 heterocycles. The lowest BCUT2D eigenvalue weighted by Gasteiger charge is -2.24. The van der Waals surface area contributed by atoms with Gasteiger partial charge in [0.2, 0.25) is 47.3 Å². The van der Waals surface area contributed by atoms with E-state index >= 15 is 0 Å². The molecule has 332 valence electrons. The van der Waals surface area contributed by atoms with Gasteiger partial charge < -0.3 is 53.4 Å². The third-order valence-corrected chi connectivity index (χ3v) is 11.3. The fraction of sp³-hybridized carbons (Fsp3) is 0.714. The first-order chi connectivity index (χ1) is 27.9. The zero-order valence-corrected chi connectivity index (χ0v) is 34.8. The van der Waals surface area contributed by atoms with Crippen LogP contribution in [0.3, 0.4) is 0 Å². The Morgan fingerprint density at radius 1 is 0.797 bits per heavy atom. The molecule has 0 aromatic carbocycles. The SMILES string of the molecule is CC(C)CC(CC(=O)NO)C(=O)N[C@@H](CC(=O)O)C(=O)N[C@@H](CS)C(=O)NCC(=O)NCC(=O)N[C@@H](CCCCNC(=O)CCCC[C@@H]1SC[C@@H]2NC(=O)N[C@@H]21)C(N)=O. The predicted molar refractivity (Wildman–Crippen MR) is 215 cm³/mol. The second-order valence-electron chi connectivity index (χ2n) is 14.7. The predicted octanol–water partition coefficient (Wildman–Crippen LogP) is -2.87. The van der Waals surface area contributed by atoms with Crippen LogP contribution in [0.2, 0.25) is 0 Å². The Bertz CT molecular complexity index is 1520. The number of thiol groups is 1. The fourth-order valence-corrected chi connectivity index (χ4v) is 8.19. The van der Waals surface area contributed by atoms with Gasteiger partial charge in [-0.2, -0.15) is 24.4 Å². The maximum Gasteiger partial charge on any atom is 0.315 e. The molecule has 2 aliphatic rings. The van der Waals surface area contributed by atoms with Crippen molar-refractivity contribution in [1.82, 2.24) is 48.0 Å². The van der Waals surface area contributed by atoms with E-state index in [0.717, 1.165) is 18.6 Å². The number of thioether (sulfide) groups is 1. The minimum atomic E-state index is -1.66. The first-order valence-electron chi connectivity index (χ1n) is 19.4. The first-order valence-corrected chi connectivity index (χ1v) is 21.1. The van der Waals surface area contributed by atoms with Gasteiger partial charge in [-0.1, -0.05) is 20.3 Å². The van der Waals surface area contributed by atoms with Crippen molar-refractivity contribution >= 4 is 83.6 Å². The number of primary amides is 1. The van der Waals surface area contributed by atoms with Crippen LogP contribution in [-0.4, -0.2) is 136 Å². The van der Waals surface area contributed by atoms with E-state index in [2.05, 4.69) is 55.2 Å². The highest BCUT2D eigenvalue weighted by atomic mass is 32.2. The van der Waals surface area contributed by atoms with E-state index in [1.165, 1.54) is 5.48 Å². The molecule has 2 fully saturated rings. The van der Waals surface area contributed by atoms with E-state index in [1.807, 2.05) is 11.8 Å². The molecule has 0 aromatic rings. The average molecular weight is 875 g/mol. The molecule has 7 atom stereocenters. The van der Waals surface area contributed by atoms with Gasteiger partial charge in [-0.3, -0.25) is 48.4 Å². The lowest BCUT2D eigenvalue weighted by molar-refractivity contribution is -0.142. The van der Waals surface area contributed by atoms with Crippen molar-refractivity contribution in [2.45, 2.75) is 114 Å². The van der Waals surface area contributed by atoms with Crippen molar-refractivity contribution in [3.63, 3.8) is 0 Å². The largest absolute Gasteiger partial charge is 0.481 e. The summed E-state index contributed by atoms with van der Waals surface area (Å²) in [6.45, 7) is 2.69. The van der Waals surface area contributed by atoms with E-state index in [9.17, 15) is 53.1 Å². The number of unbranched alkanes of at least 4 members (excludes halogenated alkanes) is 2. The third kappa shape index (κ3) is 19.2. The lowest BCUT2D eigenvalue weighted by atomic mass is 9.92. The number of rotatable bonds is 28. The molecular formula is C35H58N10O12S2. The molecule has 2 saturated heterocycles. The van der Waals surface area contributed by atoms with Crippen LogP contribution in [0.5, 0.6) is 0 Å². The number of carboxylic acid groups (broad SMARTS) is 1. The number of carboxylic acids is 1. The smallest absolute Gasteiger partial charge is 0.315 e. The van der Waals surface area contributed by atoms with E-state index in [4.69, 9.17) is 10.9 Å². The molecular weight excluding hydrogens is 817 g/mol. The zero-order valence-electron chi connectivity index (χ0n) is 33.1. The summed E-state index contributed by atoms with van der Waals surface area (Å²) in [5.41, 5.74) is 6.86. The molecule has 0 aromatic heterocycles. The highest BCUT2D eigenvalue weighted by Crippen LogP contribution is 2.33. The maximum absolute atomic E-state index is 13.0. The number of carbonyl (C=O) groups is 10. The van der Waals surface area contributed by atoms with Crippen LogP contribution in [0.25, 0.3) is 0 Å². The molecule has 59 heavy (non-hydrogen) atoms. The van der Waals surface area contributed by atoms with Gasteiger partial charge in [0.1, 0.15) is 18.1 Å². The van der Waals surface area contributed by atoms with Crippen LogP contribution in [-0.2, 0) is 43.2 Å². The Morgan fingerprint density at radius 3 is 2.14 bits per heavy atom. The Morgan fingerprint density at radius 2 is 1.49 bits per heavy atom. The van der Waals surface area contributed by atoms with Crippen LogP contribution in [0, 0.1) is 11.8 Å². The Balaban J connectivity index is 1.70. The average Bonchev–Trinajstić information content (AvgIpc) is 3.73. The minimum absolute atomic E-state index is 0.0799. The third-order valence-electron chi connectivity index (χ3n) is 9.38. The molecule has 13 N–H and O–H groups in total. The number of amides is 10. The number of hydroxylamine groups is 1. The van der Waals surface area contributed by atoms with Gasteiger partial charge in [-0.05, 0) is 44.4 Å². The van der Waals surface area contributed by atoms with E-state index in [1.54, 1.807) is 13.8 Å². The molecule has 10 amide bonds. The summed E-state index contributed by atoms with van der Waals surface area (Å²) in [5, 5.41) is 38.7. The summed E-state index contributed by atoms with van der Waals surface area (Å²) >= 11 is 5.86. The van der Waals surface area contributed by atoms with Crippen molar-refractivity contribution in [3.05, 3.63) is 0 Å². The van der Waals surface area contributed by atoms with Crippen molar-refractivity contribution in [2.75, 3.05) is 31.1 Å². The van der Waals surface area contributed by atoms with Gasteiger partial charge in [0, 0.05) is 42.1 Å². The van der Waals surface area contributed by atoms with Crippen LogP contribution in [0.1, 0.15) is 78.1 Å². The normalized spacial score (nSPS) is 18.7. The van der Waals surface area contributed by atoms with Crippen molar-refractivity contribution in [1.29, 1.82) is 0 Å². The summed E-state index contributed by atoms with van der Waals surface area (Å²) in [4.78, 5) is 122. The van der Waals surface area contributed by atoms with Crippen molar-refractivity contribution in [2.24, 2.45) is 17.6 Å². The Labute approximate surface area is 351 Å². The molecule has 2 rings (SSSR count). The second-order valence-corrected chi connectivity index (χ2v) is 16.3. The van der Waals surface area contributed by atoms with Crippen molar-refractivity contribution < 1.29 is 58.3 Å². The zero-order chi connectivity index (χ0) is 44.1. The van der Waals surface area contributed by atoms with Gasteiger partial charge in [-0.25, -0.2) is 10.3 Å². The molecule has 0 bridgehead atoms.